The maximum absolute atomic E-state index is 13.6. The number of halogens is 2. The van der Waals surface area contributed by atoms with Crippen molar-refractivity contribution in [1.29, 1.82) is 0 Å². The quantitative estimate of drug-likeness (QED) is 0.648. The lowest BCUT2D eigenvalue weighted by Crippen LogP contribution is -2.41. The van der Waals surface area contributed by atoms with Gasteiger partial charge in [-0.1, -0.05) is 12.2 Å². The maximum Gasteiger partial charge on any atom is 0.224 e. The fraction of sp³-hybridized carbons (Fsp3) is 0.417. The lowest BCUT2D eigenvalue weighted by Gasteiger charge is -2.27. The minimum absolute atomic E-state index is 0.0113. The number of rotatable bonds is 3. The summed E-state index contributed by atoms with van der Waals surface area (Å²) in [6.45, 7) is 0. The number of hydrogen-bond donors (Lipinski definition) is 2. The van der Waals surface area contributed by atoms with Crippen molar-refractivity contribution in [3.8, 4) is 0 Å². The van der Waals surface area contributed by atoms with Gasteiger partial charge in [0.1, 0.15) is 0 Å². The number of carbonyl (C=O) groups excluding carboxylic acids is 1. The normalized spacial score (nSPS) is 31.7. The van der Waals surface area contributed by atoms with Crippen molar-refractivity contribution in [3.05, 3.63) is 29.4 Å². The number of anilines is 1. The minimum atomic E-state index is -0.598. The predicted octanol–water partition coefficient (Wildman–Crippen LogP) is 1.36. The zero-order chi connectivity index (χ0) is 13.6. The highest BCUT2D eigenvalue weighted by Gasteiger charge is 2.47. The van der Waals surface area contributed by atoms with E-state index in [0.717, 1.165) is 12.6 Å². The molecule has 0 saturated heterocycles. The SMILES string of the molecule is NC(=O)[C@H]1C2C=CC(C2)[C@H]1Nc1nc(Cl)ncc1F. The molecule has 2 aliphatic carbocycles. The Labute approximate surface area is 114 Å². The van der Waals surface area contributed by atoms with Crippen LogP contribution in [-0.2, 0) is 4.79 Å². The molecule has 1 aromatic rings. The molecule has 1 heterocycles. The summed E-state index contributed by atoms with van der Waals surface area (Å²) in [5, 5.41) is 2.91. The molecule has 0 radical (unpaired) electrons. The van der Waals surface area contributed by atoms with Crippen LogP contribution in [0.1, 0.15) is 6.42 Å². The van der Waals surface area contributed by atoms with Gasteiger partial charge >= 0.3 is 0 Å². The summed E-state index contributed by atoms with van der Waals surface area (Å²) in [4.78, 5) is 18.9. The molecule has 1 saturated carbocycles. The number of carbonyl (C=O) groups is 1. The minimum Gasteiger partial charge on any atom is -0.369 e. The Morgan fingerprint density at radius 2 is 2.21 bits per heavy atom. The summed E-state index contributed by atoms with van der Waals surface area (Å²) in [5.41, 5.74) is 5.43. The van der Waals surface area contributed by atoms with Gasteiger partial charge in [-0.2, -0.15) is 4.98 Å². The molecule has 0 spiro atoms. The van der Waals surface area contributed by atoms with Crippen LogP contribution >= 0.6 is 11.6 Å². The van der Waals surface area contributed by atoms with Crippen LogP contribution in [0.4, 0.5) is 10.2 Å². The number of nitrogens with zero attached hydrogens (tertiary/aromatic N) is 2. The maximum atomic E-state index is 13.6. The Morgan fingerprint density at radius 1 is 1.47 bits per heavy atom. The van der Waals surface area contributed by atoms with Gasteiger partial charge in [0.25, 0.3) is 0 Å². The van der Waals surface area contributed by atoms with E-state index in [1.165, 1.54) is 0 Å². The first-order valence-corrected chi connectivity index (χ1v) is 6.36. The van der Waals surface area contributed by atoms with Gasteiger partial charge in [-0.15, -0.1) is 0 Å². The zero-order valence-electron chi connectivity index (χ0n) is 9.88. The first kappa shape index (κ1) is 12.3. The summed E-state index contributed by atoms with van der Waals surface area (Å²) >= 11 is 5.65. The van der Waals surface area contributed by atoms with Gasteiger partial charge < -0.3 is 11.1 Å². The third-order valence-electron chi connectivity index (χ3n) is 3.81. The van der Waals surface area contributed by atoms with Crippen molar-refractivity contribution < 1.29 is 9.18 Å². The Morgan fingerprint density at radius 3 is 2.95 bits per heavy atom. The molecule has 19 heavy (non-hydrogen) atoms. The van der Waals surface area contributed by atoms with Crippen LogP contribution in [0.3, 0.4) is 0 Å². The van der Waals surface area contributed by atoms with E-state index in [-0.39, 0.29) is 40.8 Å². The second-order valence-electron chi connectivity index (χ2n) is 4.88. The summed E-state index contributed by atoms with van der Waals surface area (Å²) in [7, 11) is 0. The molecular formula is C12H12ClFN4O. The molecule has 1 aromatic heterocycles. The molecule has 0 aliphatic heterocycles. The van der Waals surface area contributed by atoms with Crippen LogP contribution in [0.5, 0.6) is 0 Å². The third kappa shape index (κ3) is 2.06. The molecule has 1 amide bonds. The largest absolute Gasteiger partial charge is 0.369 e. The van der Waals surface area contributed by atoms with E-state index in [2.05, 4.69) is 15.3 Å². The lowest BCUT2D eigenvalue weighted by molar-refractivity contribution is -0.122. The number of nitrogens with one attached hydrogen (secondary N) is 1. The fourth-order valence-corrected chi connectivity index (χ4v) is 3.14. The standard InChI is InChI=1S/C12H12ClFN4O/c13-12-16-4-7(14)11(18-12)17-9-6-2-1-5(3-6)8(9)10(15)19/h1-2,4-6,8-9H,3H2,(H2,15,19)(H,16,17,18)/t5?,6?,8-,9+/m0/s1. The second-order valence-corrected chi connectivity index (χ2v) is 5.22. The summed E-state index contributed by atoms with van der Waals surface area (Å²) in [5.74, 6) is -1.02. The Balaban J connectivity index is 1.88. The smallest absolute Gasteiger partial charge is 0.224 e. The van der Waals surface area contributed by atoms with E-state index in [1.807, 2.05) is 12.2 Å². The van der Waals surface area contributed by atoms with Gasteiger partial charge in [0, 0.05) is 6.04 Å². The zero-order valence-corrected chi connectivity index (χ0v) is 10.6. The molecule has 3 rings (SSSR count). The molecule has 2 bridgehead atoms. The number of primary amides is 1. The van der Waals surface area contributed by atoms with Crippen molar-refractivity contribution in [1.82, 2.24) is 9.97 Å². The molecule has 2 unspecified atom stereocenters. The Hall–Kier alpha value is -1.69. The Kier molecular flexibility index (Phi) is 2.89. The molecule has 3 N–H and O–H groups in total. The summed E-state index contributed by atoms with van der Waals surface area (Å²) in [6, 6.07) is -0.243. The van der Waals surface area contributed by atoms with E-state index in [0.29, 0.717) is 0 Å². The van der Waals surface area contributed by atoms with E-state index in [9.17, 15) is 9.18 Å². The Bertz CT molecular complexity index is 565. The molecule has 1 fully saturated rings. The molecular weight excluding hydrogens is 271 g/mol. The lowest BCUT2D eigenvalue weighted by atomic mass is 9.88. The van der Waals surface area contributed by atoms with Gasteiger partial charge in [0.2, 0.25) is 11.2 Å². The average molecular weight is 283 g/mol. The van der Waals surface area contributed by atoms with Gasteiger partial charge in [0.15, 0.2) is 11.6 Å². The number of hydrogen-bond acceptors (Lipinski definition) is 4. The topological polar surface area (TPSA) is 80.9 Å². The van der Waals surface area contributed by atoms with Gasteiger partial charge in [-0.3, -0.25) is 4.79 Å². The van der Waals surface area contributed by atoms with Crippen LogP contribution < -0.4 is 11.1 Å². The molecule has 4 atom stereocenters. The first-order valence-electron chi connectivity index (χ1n) is 5.98. The van der Waals surface area contributed by atoms with E-state index < -0.39 is 5.82 Å². The van der Waals surface area contributed by atoms with Crippen molar-refractivity contribution in [2.45, 2.75) is 12.5 Å². The molecule has 2 aliphatic rings. The highest BCUT2D eigenvalue weighted by Crippen LogP contribution is 2.44. The van der Waals surface area contributed by atoms with Crippen LogP contribution in [-0.4, -0.2) is 21.9 Å². The van der Waals surface area contributed by atoms with Crippen LogP contribution in [0.2, 0.25) is 5.28 Å². The first-order chi connectivity index (χ1) is 9.06. The number of aromatic nitrogens is 2. The van der Waals surface area contributed by atoms with Crippen molar-refractivity contribution in [2.24, 2.45) is 23.5 Å². The average Bonchev–Trinajstić information content (AvgIpc) is 2.94. The predicted molar refractivity (Wildman–Crippen MR) is 67.8 cm³/mol. The number of nitrogens with two attached hydrogens (primary N) is 1. The number of fused-ring (bicyclic) bond motifs is 2. The van der Waals surface area contributed by atoms with Crippen molar-refractivity contribution >= 4 is 23.3 Å². The molecule has 0 aromatic carbocycles. The highest BCUT2D eigenvalue weighted by molar-refractivity contribution is 6.28. The molecule has 100 valence electrons. The van der Waals surface area contributed by atoms with E-state index in [1.54, 1.807) is 0 Å². The van der Waals surface area contributed by atoms with Gasteiger partial charge in [-0.25, -0.2) is 9.37 Å². The second kappa shape index (κ2) is 4.45. The monoisotopic (exact) mass is 282 g/mol. The van der Waals surface area contributed by atoms with E-state index in [4.69, 9.17) is 17.3 Å². The van der Waals surface area contributed by atoms with Gasteiger partial charge in [0.05, 0.1) is 12.1 Å². The summed E-state index contributed by atoms with van der Waals surface area (Å²) in [6.07, 6.45) is 5.88. The van der Waals surface area contributed by atoms with E-state index >= 15 is 0 Å². The number of allylic oxidation sites excluding steroid dienone is 1. The number of amides is 1. The van der Waals surface area contributed by atoms with Crippen molar-refractivity contribution in [2.75, 3.05) is 5.32 Å². The molecule has 5 nitrogen and oxygen atoms in total. The summed E-state index contributed by atoms with van der Waals surface area (Å²) < 4.78 is 13.6. The fourth-order valence-electron chi connectivity index (χ4n) is 3.01. The molecule has 7 heteroatoms. The van der Waals surface area contributed by atoms with Crippen LogP contribution in [0, 0.1) is 23.6 Å². The third-order valence-corrected chi connectivity index (χ3v) is 3.99. The highest BCUT2D eigenvalue weighted by atomic mass is 35.5. The van der Waals surface area contributed by atoms with Crippen LogP contribution in [0.25, 0.3) is 0 Å². The van der Waals surface area contributed by atoms with Gasteiger partial charge in [-0.05, 0) is 29.9 Å². The van der Waals surface area contributed by atoms with Crippen molar-refractivity contribution in [3.63, 3.8) is 0 Å². The van der Waals surface area contributed by atoms with Crippen LogP contribution in [0.15, 0.2) is 18.3 Å².